The summed E-state index contributed by atoms with van der Waals surface area (Å²) >= 11 is 0. The number of hydrogen-bond donors (Lipinski definition) is 1. The first-order chi connectivity index (χ1) is 6.78. The van der Waals surface area contributed by atoms with Crippen LogP contribution in [-0.4, -0.2) is 23.6 Å². The molecule has 1 aromatic rings. The minimum atomic E-state index is 0.621. The third-order valence-electron chi connectivity index (χ3n) is 2.22. The molecule has 0 aromatic carbocycles. The van der Waals surface area contributed by atoms with Crippen molar-refractivity contribution in [3.05, 3.63) is 11.8 Å². The molecule has 1 saturated carbocycles. The van der Waals surface area contributed by atoms with Crippen LogP contribution < -0.4 is 10.1 Å². The molecule has 4 nitrogen and oxygen atoms in total. The van der Waals surface area contributed by atoms with Gasteiger partial charge in [-0.25, -0.2) is 4.98 Å². The summed E-state index contributed by atoms with van der Waals surface area (Å²) in [5.74, 6) is 2.05. The zero-order valence-corrected chi connectivity index (χ0v) is 8.58. The molecule has 0 bridgehead atoms. The lowest BCUT2D eigenvalue weighted by Crippen LogP contribution is -2.04. The Labute approximate surface area is 83.7 Å². The number of nitrogens with zero attached hydrogens (tertiary/aromatic N) is 2. The van der Waals surface area contributed by atoms with Gasteiger partial charge in [-0.1, -0.05) is 0 Å². The molecule has 1 aliphatic rings. The average molecular weight is 193 g/mol. The molecule has 0 radical (unpaired) electrons. The number of anilines is 1. The smallest absolute Gasteiger partial charge is 0.225 e. The van der Waals surface area contributed by atoms with Crippen LogP contribution in [0.4, 0.5) is 5.95 Å². The molecule has 0 unspecified atom stereocenters. The van der Waals surface area contributed by atoms with Crippen LogP contribution in [0.3, 0.4) is 0 Å². The highest BCUT2D eigenvalue weighted by atomic mass is 16.5. The number of aromatic nitrogens is 2. The van der Waals surface area contributed by atoms with E-state index in [4.69, 9.17) is 4.74 Å². The SMILES string of the molecule is CNc1nc(C)cc(OCC2CC2)n1. The van der Waals surface area contributed by atoms with Crippen LogP contribution in [0.1, 0.15) is 18.5 Å². The van der Waals surface area contributed by atoms with E-state index in [1.807, 2.05) is 13.0 Å². The number of ether oxygens (including phenoxy) is 1. The normalized spacial score (nSPS) is 15.3. The van der Waals surface area contributed by atoms with Gasteiger partial charge in [0.1, 0.15) is 0 Å². The number of nitrogens with one attached hydrogen (secondary N) is 1. The minimum Gasteiger partial charge on any atom is -0.477 e. The number of aryl methyl sites for hydroxylation is 1. The number of hydrogen-bond acceptors (Lipinski definition) is 4. The Morgan fingerprint density at radius 3 is 2.93 bits per heavy atom. The maximum absolute atomic E-state index is 5.56. The van der Waals surface area contributed by atoms with Gasteiger partial charge in [-0.3, -0.25) is 0 Å². The van der Waals surface area contributed by atoms with Crippen molar-refractivity contribution >= 4 is 5.95 Å². The lowest BCUT2D eigenvalue weighted by atomic mass is 10.4. The van der Waals surface area contributed by atoms with Crippen molar-refractivity contribution in [3.63, 3.8) is 0 Å². The van der Waals surface area contributed by atoms with Crippen LogP contribution in [0.15, 0.2) is 6.07 Å². The first kappa shape index (κ1) is 9.24. The van der Waals surface area contributed by atoms with Gasteiger partial charge in [0.2, 0.25) is 11.8 Å². The predicted molar refractivity (Wildman–Crippen MR) is 54.5 cm³/mol. The van der Waals surface area contributed by atoms with E-state index in [1.54, 1.807) is 7.05 Å². The Kier molecular flexibility index (Phi) is 2.52. The third-order valence-corrected chi connectivity index (χ3v) is 2.22. The molecule has 2 rings (SSSR count). The fourth-order valence-electron chi connectivity index (χ4n) is 1.21. The van der Waals surface area contributed by atoms with Gasteiger partial charge in [-0.15, -0.1) is 0 Å². The molecule has 0 aliphatic heterocycles. The maximum Gasteiger partial charge on any atom is 0.225 e. The molecule has 4 heteroatoms. The van der Waals surface area contributed by atoms with Gasteiger partial charge in [-0.2, -0.15) is 4.98 Å². The molecule has 14 heavy (non-hydrogen) atoms. The molecule has 1 aliphatic carbocycles. The topological polar surface area (TPSA) is 47.0 Å². The van der Waals surface area contributed by atoms with Crippen LogP contribution in [0.2, 0.25) is 0 Å². The number of rotatable bonds is 4. The Bertz CT molecular complexity index is 323. The molecule has 1 heterocycles. The Morgan fingerprint density at radius 2 is 2.29 bits per heavy atom. The summed E-state index contributed by atoms with van der Waals surface area (Å²) in [6.45, 7) is 2.73. The summed E-state index contributed by atoms with van der Waals surface area (Å²) in [5.41, 5.74) is 0.926. The van der Waals surface area contributed by atoms with Gasteiger partial charge >= 0.3 is 0 Å². The zero-order chi connectivity index (χ0) is 9.97. The summed E-state index contributed by atoms with van der Waals surface area (Å²) in [5, 5.41) is 2.91. The Hall–Kier alpha value is -1.32. The monoisotopic (exact) mass is 193 g/mol. The molecule has 1 aromatic heterocycles. The van der Waals surface area contributed by atoms with E-state index in [0.29, 0.717) is 11.8 Å². The van der Waals surface area contributed by atoms with Crippen molar-refractivity contribution in [1.29, 1.82) is 0 Å². The van der Waals surface area contributed by atoms with Crippen LogP contribution in [0.25, 0.3) is 0 Å². The second kappa shape index (κ2) is 3.82. The van der Waals surface area contributed by atoms with Crippen LogP contribution in [0, 0.1) is 12.8 Å². The second-order valence-electron chi connectivity index (χ2n) is 3.68. The summed E-state index contributed by atoms with van der Waals surface area (Å²) < 4.78 is 5.56. The fourth-order valence-corrected chi connectivity index (χ4v) is 1.21. The summed E-state index contributed by atoms with van der Waals surface area (Å²) in [7, 11) is 1.81. The van der Waals surface area contributed by atoms with Crippen molar-refractivity contribution in [2.45, 2.75) is 19.8 Å². The largest absolute Gasteiger partial charge is 0.477 e. The molecule has 0 amide bonds. The van der Waals surface area contributed by atoms with Crippen LogP contribution in [-0.2, 0) is 0 Å². The van der Waals surface area contributed by atoms with E-state index in [1.165, 1.54) is 12.8 Å². The zero-order valence-electron chi connectivity index (χ0n) is 8.58. The Morgan fingerprint density at radius 1 is 1.50 bits per heavy atom. The van der Waals surface area contributed by atoms with Crippen molar-refractivity contribution < 1.29 is 4.74 Å². The average Bonchev–Trinajstić information content (AvgIpc) is 2.97. The van der Waals surface area contributed by atoms with Crippen molar-refractivity contribution in [2.24, 2.45) is 5.92 Å². The molecule has 0 spiro atoms. The van der Waals surface area contributed by atoms with Crippen LogP contribution >= 0.6 is 0 Å². The van der Waals surface area contributed by atoms with E-state index >= 15 is 0 Å². The van der Waals surface area contributed by atoms with E-state index in [2.05, 4.69) is 15.3 Å². The standard InChI is InChI=1S/C10H15N3O/c1-7-5-9(13-10(11-2)12-7)14-6-8-3-4-8/h5,8H,3-4,6H2,1-2H3,(H,11,12,13). The second-order valence-corrected chi connectivity index (χ2v) is 3.68. The van der Waals surface area contributed by atoms with Gasteiger partial charge in [0.05, 0.1) is 6.61 Å². The lowest BCUT2D eigenvalue weighted by Gasteiger charge is -2.06. The lowest BCUT2D eigenvalue weighted by molar-refractivity contribution is 0.288. The maximum atomic E-state index is 5.56. The predicted octanol–water partition coefficient (Wildman–Crippen LogP) is 1.62. The van der Waals surface area contributed by atoms with Crippen molar-refractivity contribution in [3.8, 4) is 5.88 Å². The molecule has 1 N–H and O–H groups in total. The quantitative estimate of drug-likeness (QED) is 0.789. The third kappa shape index (κ3) is 2.34. The summed E-state index contributed by atoms with van der Waals surface area (Å²) in [4.78, 5) is 8.40. The molecule has 76 valence electrons. The van der Waals surface area contributed by atoms with E-state index in [-0.39, 0.29) is 0 Å². The molecular formula is C10H15N3O. The van der Waals surface area contributed by atoms with Crippen LogP contribution in [0.5, 0.6) is 5.88 Å². The molecular weight excluding hydrogens is 178 g/mol. The minimum absolute atomic E-state index is 0.621. The van der Waals surface area contributed by atoms with Crippen molar-refractivity contribution in [2.75, 3.05) is 19.0 Å². The van der Waals surface area contributed by atoms with E-state index < -0.39 is 0 Å². The van der Waals surface area contributed by atoms with Gasteiger partial charge in [0.25, 0.3) is 0 Å². The highest BCUT2D eigenvalue weighted by molar-refractivity contribution is 5.29. The highest BCUT2D eigenvalue weighted by Crippen LogP contribution is 2.29. The van der Waals surface area contributed by atoms with E-state index in [9.17, 15) is 0 Å². The van der Waals surface area contributed by atoms with Gasteiger partial charge in [0, 0.05) is 18.8 Å². The Balaban J connectivity index is 2.03. The first-order valence-electron chi connectivity index (χ1n) is 4.94. The fraction of sp³-hybridized carbons (Fsp3) is 0.600. The highest BCUT2D eigenvalue weighted by Gasteiger charge is 2.22. The summed E-state index contributed by atoms with van der Waals surface area (Å²) in [6.07, 6.45) is 2.59. The molecule has 0 atom stereocenters. The molecule has 0 saturated heterocycles. The summed E-state index contributed by atoms with van der Waals surface area (Å²) in [6, 6.07) is 1.86. The van der Waals surface area contributed by atoms with E-state index in [0.717, 1.165) is 18.2 Å². The van der Waals surface area contributed by atoms with Gasteiger partial charge in [0.15, 0.2) is 0 Å². The first-order valence-corrected chi connectivity index (χ1v) is 4.94. The van der Waals surface area contributed by atoms with Crippen molar-refractivity contribution in [1.82, 2.24) is 9.97 Å². The van der Waals surface area contributed by atoms with Gasteiger partial charge in [-0.05, 0) is 25.7 Å². The van der Waals surface area contributed by atoms with Gasteiger partial charge < -0.3 is 10.1 Å². The molecule has 1 fully saturated rings.